The Bertz CT molecular complexity index is 474. The molecule has 0 bridgehead atoms. The molecule has 0 amide bonds. The Balaban J connectivity index is 2.23. The maximum atomic E-state index is 12.3. The molecule has 1 aromatic rings. The summed E-state index contributed by atoms with van der Waals surface area (Å²) in [6.45, 7) is 6.42. The van der Waals surface area contributed by atoms with Gasteiger partial charge in [0, 0.05) is 39.1 Å². The fourth-order valence-electron chi connectivity index (χ4n) is 2.40. The fraction of sp³-hybridized carbons (Fsp3) is 0.692. The average molecular weight is 267 g/mol. The molecule has 0 aliphatic carbocycles. The Labute approximate surface area is 113 Å². The minimum Gasteiger partial charge on any atom is -0.382 e. The number of methoxy groups -OCH3 is 1. The fourth-order valence-corrected chi connectivity index (χ4v) is 2.40. The number of ether oxygens (including phenoxy) is 2. The zero-order chi connectivity index (χ0) is 13.8. The third-order valence-electron chi connectivity index (χ3n) is 3.21. The number of hydrogen-bond acceptors (Lipinski definition) is 5. The lowest BCUT2D eigenvalue weighted by Gasteiger charge is -2.36. The molecule has 1 aromatic heterocycles. The third-order valence-corrected chi connectivity index (χ3v) is 3.21. The van der Waals surface area contributed by atoms with Crippen LogP contribution < -0.4 is 10.5 Å². The average Bonchev–Trinajstić information content (AvgIpc) is 2.38. The Morgan fingerprint density at radius 2 is 2.32 bits per heavy atom. The molecule has 1 aliphatic rings. The zero-order valence-corrected chi connectivity index (χ0v) is 11.7. The van der Waals surface area contributed by atoms with Crippen LogP contribution in [0.25, 0.3) is 0 Å². The minimum atomic E-state index is -0.0460. The summed E-state index contributed by atoms with van der Waals surface area (Å²) in [6, 6.07) is 0. The van der Waals surface area contributed by atoms with Crippen LogP contribution in [-0.2, 0) is 16.0 Å². The van der Waals surface area contributed by atoms with Crippen LogP contribution in [0.4, 0.5) is 5.82 Å². The van der Waals surface area contributed by atoms with Crippen molar-refractivity contribution < 1.29 is 9.47 Å². The molecule has 2 rings (SSSR count). The summed E-state index contributed by atoms with van der Waals surface area (Å²) in [6.07, 6.45) is 3.42. The molecule has 2 atom stereocenters. The van der Waals surface area contributed by atoms with E-state index in [9.17, 15) is 4.79 Å². The molecule has 1 saturated heterocycles. The first kappa shape index (κ1) is 14.0. The lowest BCUT2D eigenvalue weighted by Crippen LogP contribution is -2.50. The summed E-state index contributed by atoms with van der Waals surface area (Å²) in [7, 11) is 1.65. The summed E-state index contributed by atoms with van der Waals surface area (Å²) in [5.41, 5.74) is -0.0460. The number of nitrogens with zero attached hydrogens (tertiary/aromatic N) is 3. The van der Waals surface area contributed by atoms with Crippen molar-refractivity contribution in [2.24, 2.45) is 0 Å². The molecule has 0 saturated carbocycles. The van der Waals surface area contributed by atoms with Crippen LogP contribution in [0.1, 0.15) is 13.8 Å². The molecule has 0 aromatic carbocycles. The number of aryl methyl sites for hydroxylation is 1. The molecule has 1 fully saturated rings. The molecule has 0 N–H and O–H groups in total. The first-order chi connectivity index (χ1) is 9.15. The van der Waals surface area contributed by atoms with Gasteiger partial charge < -0.3 is 18.9 Å². The number of aromatic nitrogens is 2. The van der Waals surface area contributed by atoms with Crippen LogP contribution >= 0.6 is 0 Å². The van der Waals surface area contributed by atoms with Crippen LogP contribution in [0.5, 0.6) is 0 Å². The van der Waals surface area contributed by atoms with Gasteiger partial charge in [0.1, 0.15) is 0 Å². The summed E-state index contributed by atoms with van der Waals surface area (Å²) < 4.78 is 12.6. The topological polar surface area (TPSA) is 56.6 Å². The molecule has 2 unspecified atom stereocenters. The maximum Gasteiger partial charge on any atom is 0.293 e. The van der Waals surface area contributed by atoms with Gasteiger partial charge in [-0.1, -0.05) is 0 Å². The molecule has 2 heterocycles. The third kappa shape index (κ3) is 3.13. The lowest BCUT2D eigenvalue weighted by atomic mass is 10.2. The number of hydrogen-bond donors (Lipinski definition) is 0. The van der Waals surface area contributed by atoms with Gasteiger partial charge in [-0.25, -0.2) is 4.98 Å². The molecule has 0 spiro atoms. The van der Waals surface area contributed by atoms with Gasteiger partial charge in [0.05, 0.1) is 18.8 Å². The number of anilines is 1. The predicted molar refractivity (Wildman–Crippen MR) is 72.6 cm³/mol. The summed E-state index contributed by atoms with van der Waals surface area (Å²) in [5, 5.41) is 0. The second-order valence-electron chi connectivity index (χ2n) is 4.77. The van der Waals surface area contributed by atoms with E-state index in [4.69, 9.17) is 9.47 Å². The first-order valence-corrected chi connectivity index (χ1v) is 6.60. The molecule has 0 radical (unpaired) electrons. The van der Waals surface area contributed by atoms with Crippen LogP contribution in [0.2, 0.25) is 0 Å². The predicted octanol–water partition coefficient (Wildman–Crippen LogP) is 0.503. The van der Waals surface area contributed by atoms with Gasteiger partial charge in [-0.3, -0.25) is 4.79 Å². The summed E-state index contributed by atoms with van der Waals surface area (Å²) in [4.78, 5) is 18.5. The molecular formula is C13H21N3O3. The second kappa shape index (κ2) is 6.16. The molecule has 1 aliphatic heterocycles. The van der Waals surface area contributed by atoms with Gasteiger partial charge in [0.25, 0.3) is 5.56 Å². The highest BCUT2D eigenvalue weighted by Crippen LogP contribution is 2.15. The van der Waals surface area contributed by atoms with Crippen LogP contribution in [-0.4, -0.2) is 48.6 Å². The van der Waals surface area contributed by atoms with E-state index in [-0.39, 0.29) is 17.8 Å². The van der Waals surface area contributed by atoms with E-state index in [1.807, 2.05) is 18.7 Å². The van der Waals surface area contributed by atoms with Crippen LogP contribution in [0.3, 0.4) is 0 Å². The Morgan fingerprint density at radius 1 is 1.53 bits per heavy atom. The Kier molecular flexibility index (Phi) is 4.55. The van der Waals surface area contributed by atoms with Crippen molar-refractivity contribution in [1.82, 2.24) is 9.55 Å². The van der Waals surface area contributed by atoms with Gasteiger partial charge in [0.15, 0.2) is 5.82 Å². The quantitative estimate of drug-likeness (QED) is 0.795. The zero-order valence-electron chi connectivity index (χ0n) is 11.7. The minimum absolute atomic E-state index is 0.0229. The SMILES string of the molecule is CCn1ccnc(N2CC(C)OC(COC)C2)c1=O. The van der Waals surface area contributed by atoms with Crippen LogP contribution in [0, 0.1) is 0 Å². The first-order valence-electron chi connectivity index (χ1n) is 6.60. The van der Waals surface area contributed by atoms with Crippen molar-refractivity contribution in [3.8, 4) is 0 Å². The van der Waals surface area contributed by atoms with Gasteiger partial charge in [-0.2, -0.15) is 0 Å². The maximum absolute atomic E-state index is 12.3. The van der Waals surface area contributed by atoms with E-state index in [1.54, 1.807) is 24.1 Å². The summed E-state index contributed by atoms with van der Waals surface area (Å²) >= 11 is 0. The number of rotatable bonds is 4. The molecule has 19 heavy (non-hydrogen) atoms. The summed E-state index contributed by atoms with van der Waals surface area (Å²) in [5.74, 6) is 0.501. The van der Waals surface area contributed by atoms with Crippen molar-refractivity contribution in [2.45, 2.75) is 32.6 Å². The van der Waals surface area contributed by atoms with Crippen molar-refractivity contribution in [3.63, 3.8) is 0 Å². The highest BCUT2D eigenvalue weighted by Gasteiger charge is 2.27. The molecule has 6 heteroatoms. The van der Waals surface area contributed by atoms with Crippen molar-refractivity contribution in [2.75, 3.05) is 31.7 Å². The van der Waals surface area contributed by atoms with Gasteiger partial charge >= 0.3 is 0 Å². The molecule has 6 nitrogen and oxygen atoms in total. The van der Waals surface area contributed by atoms with E-state index in [1.165, 1.54) is 0 Å². The van der Waals surface area contributed by atoms with Gasteiger partial charge in [-0.05, 0) is 13.8 Å². The Morgan fingerprint density at radius 3 is 3.00 bits per heavy atom. The van der Waals surface area contributed by atoms with Crippen molar-refractivity contribution in [3.05, 3.63) is 22.7 Å². The molecular weight excluding hydrogens is 246 g/mol. The van der Waals surface area contributed by atoms with Gasteiger partial charge in [-0.15, -0.1) is 0 Å². The van der Waals surface area contributed by atoms with E-state index in [0.29, 0.717) is 32.1 Å². The lowest BCUT2D eigenvalue weighted by molar-refractivity contribution is -0.0513. The van der Waals surface area contributed by atoms with Crippen molar-refractivity contribution >= 4 is 5.82 Å². The normalized spacial score (nSPS) is 23.6. The van der Waals surface area contributed by atoms with Gasteiger partial charge in [0.2, 0.25) is 0 Å². The van der Waals surface area contributed by atoms with E-state index in [0.717, 1.165) is 0 Å². The van der Waals surface area contributed by atoms with Crippen molar-refractivity contribution in [1.29, 1.82) is 0 Å². The van der Waals surface area contributed by atoms with Crippen LogP contribution in [0.15, 0.2) is 17.2 Å². The smallest absolute Gasteiger partial charge is 0.293 e. The van der Waals surface area contributed by atoms with E-state index >= 15 is 0 Å². The highest BCUT2D eigenvalue weighted by molar-refractivity contribution is 5.36. The van der Waals surface area contributed by atoms with E-state index < -0.39 is 0 Å². The number of morpholine rings is 1. The second-order valence-corrected chi connectivity index (χ2v) is 4.77. The molecule has 106 valence electrons. The standard InChI is InChI=1S/C13H21N3O3/c1-4-15-6-5-14-12(13(15)17)16-7-10(2)19-11(8-16)9-18-3/h5-6,10-11H,4,7-9H2,1-3H3. The monoisotopic (exact) mass is 267 g/mol. The Hall–Kier alpha value is -1.40. The largest absolute Gasteiger partial charge is 0.382 e. The van der Waals surface area contributed by atoms with E-state index in [2.05, 4.69) is 4.98 Å². The highest BCUT2D eigenvalue weighted by atomic mass is 16.5.